The molecular weight excluding hydrogens is 316 g/mol. The molecule has 134 valence electrons. The third-order valence-electron chi connectivity index (χ3n) is 3.52. The maximum atomic E-state index is 12.4. The molecule has 24 heavy (non-hydrogen) atoms. The van der Waals surface area contributed by atoms with E-state index in [1.807, 2.05) is 0 Å². The summed E-state index contributed by atoms with van der Waals surface area (Å²) in [5.74, 6) is -2.13. The zero-order chi connectivity index (χ0) is 18.1. The number of hydrogen-bond acceptors (Lipinski definition) is 7. The van der Waals surface area contributed by atoms with Crippen LogP contribution < -0.4 is 17.2 Å². The van der Waals surface area contributed by atoms with Crippen LogP contribution in [0.4, 0.5) is 0 Å². The number of nitrogens with one attached hydrogen (secondary N) is 1. The van der Waals surface area contributed by atoms with Crippen LogP contribution in [0.2, 0.25) is 0 Å². The minimum absolute atomic E-state index is 0.123. The highest BCUT2D eigenvalue weighted by Crippen LogP contribution is 2.06. The van der Waals surface area contributed by atoms with Gasteiger partial charge in [0, 0.05) is 24.9 Å². The highest BCUT2D eigenvalue weighted by molar-refractivity contribution is 5.98. The Morgan fingerprint density at radius 3 is 2.50 bits per heavy atom. The molecule has 2 amide bonds. The molecule has 1 unspecified atom stereocenters. The molecule has 1 aromatic rings. The van der Waals surface area contributed by atoms with E-state index in [4.69, 9.17) is 22.3 Å². The van der Waals surface area contributed by atoms with Gasteiger partial charge in [0.05, 0.1) is 18.9 Å². The first-order valence-corrected chi connectivity index (χ1v) is 7.62. The number of H-pyrrole nitrogens is 1. The molecule has 1 aromatic heterocycles. The number of carboxylic acids is 1. The number of nitrogens with two attached hydrogens (primary N) is 3. The number of nitrogens with zero attached hydrogens (tertiary/aromatic N) is 2. The lowest BCUT2D eigenvalue weighted by atomic mass is 10.1. The molecule has 0 saturated heterocycles. The van der Waals surface area contributed by atoms with Gasteiger partial charge in [-0.3, -0.25) is 19.3 Å². The van der Waals surface area contributed by atoms with Crippen molar-refractivity contribution in [2.75, 3.05) is 13.1 Å². The van der Waals surface area contributed by atoms with Crippen LogP contribution in [-0.2, 0) is 20.8 Å². The second-order valence-corrected chi connectivity index (χ2v) is 5.42. The molecule has 0 radical (unpaired) electrons. The van der Waals surface area contributed by atoms with Crippen LogP contribution in [0.3, 0.4) is 0 Å². The number of carbonyl (C=O) groups is 3. The van der Waals surface area contributed by atoms with Crippen LogP contribution in [0.5, 0.6) is 0 Å². The van der Waals surface area contributed by atoms with E-state index in [0.29, 0.717) is 18.5 Å². The van der Waals surface area contributed by atoms with E-state index in [-0.39, 0.29) is 25.9 Å². The van der Waals surface area contributed by atoms with Crippen LogP contribution in [0.15, 0.2) is 12.5 Å². The molecule has 0 aliphatic carbocycles. The van der Waals surface area contributed by atoms with E-state index in [1.54, 1.807) is 6.20 Å². The van der Waals surface area contributed by atoms with Gasteiger partial charge in [0.1, 0.15) is 6.04 Å². The van der Waals surface area contributed by atoms with Gasteiger partial charge in [-0.05, 0) is 19.3 Å². The molecular formula is C14H24N6O4. The van der Waals surface area contributed by atoms with Crippen molar-refractivity contribution in [3.8, 4) is 0 Å². The van der Waals surface area contributed by atoms with E-state index in [9.17, 15) is 14.4 Å². The Morgan fingerprint density at radius 2 is 1.96 bits per heavy atom. The molecule has 0 aliphatic rings. The first-order valence-electron chi connectivity index (χ1n) is 7.62. The third-order valence-corrected chi connectivity index (χ3v) is 3.52. The van der Waals surface area contributed by atoms with Gasteiger partial charge < -0.3 is 27.3 Å². The largest absolute Gasteiger partial charge is 0.480 e. The fraction of sp³-hybridized carbons (Fsp3) is 0.571. The summed E-state index contributed by atoms with van der Waals surface area (Å²) in [4.78, 5) is 42.6. The highest BCUT2D eigenvalue weighted by atomic mass is 16.4. The number of aromatic amines is 1. The first-order chi connectivity index (χ1) is 11.4. The van der Waals surface area contributed by atoms with Crippen LogP contribution in [0.1, 0.15) is 25.0 Å². The van der Waals surface area contributed by atoms with Crippen molar-refractivity contribution in [3.05, 3.63) is 18.2 Å². The molecule has 2 atom stereocenters. The second kappa shape index (κ2) is 9.75. The van der Waals surface area contributed by atoms with Crippen molar-refractivity contribution in [2.24, 2.45) is 17.2 Å². The predicted octanol–water partition coefficient (Wildman–Crippen LogP) is -1.82. The summed E-state index contributed by atoms with van der Waals surface area (Å²) in [5, 5.41) is 8.72. The molecule has 0 spiro atoms. The number of aliphatic carboxylic acids is 1. The zero-order valence-corrected chi connectivity index (χ0v) is 13.4. The number of rotatable bonds is 10. The van der Waals surface area contributed by atoms with Gasteiger partial charge in [-0.15, -0.1) is 0 Å². The van der Waals surface area contributed by atoms with Gasteiger partial charge in [0.2, 0.25) is 11.8 Å². The summed E-state index contributed by atoms with van der Waals surface area (Å²) in [7, 11) is 0. The van der Waals surface area contributed by atoms with E-state index in [0.717, 1.165) is 4.90 Å². The summed E-state index contributed by atoms with van der Waals surface area (Å²) >= 11 is 0. The Morgan fingerprint density at radius 1 is 1.25 bits per heavy atom. The Balaban J connectivity index is 2.55. The van der Waals surface area contributed by atoms with Crippen molar-refractivity contribution in [2.45, 2.75) is 37.8 Å². The number of carboxylic acid groups (broad SMARTS) is 1. The number of carbonyl (C=O) groups excluding carboxylic acids is 2. The lowest BCUT2D eigenvalue weighted by molar-refractivity contribution is -0.145. The quantitative estimate of drug-likeness (QED) is 0.308. The van der Waals surface area contributed by atoms with Gasteiger partial charge in [0.15, 0.2) is 0 Å². The summed E-state index contributed by atoms with van der Waals surface area (Å²) < 4.78 is 0. The molecule has 8 N–H and O–H groups in total. The maximum Gasteiger partial charge on any atom is 0.320 e. The fourth-order valence-electron chi connectivity index (χ4n) is 2.15. The van der Waals surface area contributed by atoms with Gasteiger partial charge in [-0.2, -0.15) is 0 Å². The fourth-order valence-corrected chi connectivity index (χ4v) is 2.15. The molecule has 10 heteroatoms. The van der Waals surface area contributed by atoms with Crippen molar-refractivity contribution in [1.82, 2.24) is 14.9 Å². The van der Waals surface area contributed by atoms with E-state index in [1.165, 1.54) is 6.33 Å². The molecule has 0 bridgehead atoms. The lowest BCUT2D eigenvalue weighted by Gasteiger charge is -2.23. The molecule has 1 heterocycles. The Hall–Kier alpha value is -2.30. The van der Waals surface area contributed by atoms with Crippen molar-refractivity contribution in [3.63, 3.8) is 0 Å². The van der Waals surface area contributed by atoms with Crippen LogP contribution in [0, 0.1) is 0 Å². The Labute approximate surface area is 139 Å². The van der Waals surface area contributed by atoms with Gasteiger partial charge in [0.25, 0.3) is 0 Å². The van der Waals surface area contributed by atoms with Crippen molar-refractivity contribution in [1.29, 1.82) is 0 Å². The minimum Gasteiger partial charge on any atom is -0.480 e. The number of hydrogen-bond donors (Lipinski definition) is 5. The molecule has 1 rings (SSSR count). The number of amides is 2. The standard InChI is InChI=1S/C14H24N6O4/c15-6-12(21)20(4-2-1-3-10(16)14(23)24)13(22)11(17)5-9-7-18-8-19-9/h7-8,10-11H,1-6,15-17H2,(H,18,19)(H,23,24)/t10-,11?/m0/s1. The van der Waals surface area contributed by atoms with Gasteiger partial charge >= 0.3 is 5.97 Å². The van der Waals surface area contributed by atoms with Gasteiger partial charge in [-0.25, -0.2) is 4.98 Å². The summed E-state index contributed by atoms with van der Waals surface area (Å²) in [5.41, 5.74) is 17.3. The molecule has 0 fully saturated rings. The molecule has 10 nitrogen and oxygen atoms in total. The van der Waals surface area contributed by atoms with E-state index >= 15 is 0 Å². The molecule has 0 aliphatic heterocycles. The normalized spacial score (nSPS) is 13.3. The van der Waals surface area contributed by atoms with Crippen LogP contribution in [0.25, 0.3) is 0 Å². The van der Waals surface area contributed by atoms with E-state index < -0.39 is 29.9 Å². The summed E-state index contributed by atoms with van der Waals surface area (Å²) in [6, 6.07) is -1.86. The van der Waals surface area contributed by atoms with Crippen LogP contribution in [-0.4, -0.2) is 62.9 Å². The number of aromatic nitrogens is 2. The summed E-state index contributed by atoms with van der Waals surface area (Å²) in [6.07, 6.45) is 4.39. The lowest BCUT2D eigenvalue weighted by Crippen LogP contribution is -2.50. The van der Waals surface area contributed by atoms with E-state index in [2.05, 4.69) is 9.97 Å². The van der Waals surface area contributed by atoms with Crippen molar-refractivity contribution < 1.29 is 19.5 Å². The number of unbranched alkanes of at least 4 members (excludes halogenated alkanes) is 1. The third kappa shape index (κ3) is 6.07. The van der Waals surface area contributed by atoms with Crippen LogP contribution >= 0.6 is 0 Å². The Bertz CT molecular complexity index is 547. The van der Waals surface area contributed by atoms with Gasteiger partial charge in [-0.1, -0.05) is 0 Å². The first kappa shape index (κ1) is 19.7. The average Bonchev–Trinajstić information content (AvgIpc) is 3.06. The average molecular weight is 340 g/mol. The number of imidazole rings is 1. The summed E-state index contributed by atoms with van der Waals surface area (Å²) in [6.45, 7) is -0.185. The predicted molar refractivity (Wildman–Crippen MR) is 85.5 cm³/mol. The second-order valence-electron chi connectivity index (χ2n) is 5.42. The number of imide groups is 1. The SMILES string of the molecule is NCC(=O)N(CCCC[C@H](N)C(=O)O)C(=O)C(N)Cc1cnc[nH]1. The molecule has 0 saturated carbocycles. The highest BCUT2D eigenvalue weighted by Gasteiger charge is 2.26. The monoisotopic (exact) mass is 340 g/mol. The maximum absolute atomic E-state index is 12.4. The smallest absolute Gasteiger partial charge is 0.320 e. The minimum atomic E-state index is -1.08. The Kier molecular flexibility index (Phi) is 8.02. The topological polar surface area (TPSA) is 181 Å². The zero-order valence-electron chi connectivity index (χ0n) is 13.4. The van der Waals surface area contributed by atoms with Crippen molar-refractivity contribution >= 4 is 17.8 Å². The molecule has 0 aromatic carbocycles.